The molecular weight excluding hydrogens is 359 g/mol. The number of hydrogen-bond donors (Lipinski definition) is 0. The number of rotatable bonds is 10. The summed E-state index contributed by atoms with van der Waals surface area (Å²) in [5.41, 5.74) is -0.223. The molecular formula is C14H17O10P. The minimum absolute atomic E-state index is 0.0133. The van der Waals surface area contributed by atoms with E-state index in [2.05, 4.69) is 48.4 Å². The Kier molecular flexibility index (Phi) is 9.32. The lowest BCUT2D eigenvalue weighted by Crippen LogP contribution is -2.13. The molecule has 0 aromatic heterocycles. The van der Waals surface area contributed by atoms with Crippen molar-refractivity contribution in [2.24, 2.45) is 0 Å². The molecule has 0 aliphatic heterocycles. The zero-order valence-electron chi connectivity index (χ0n) is 13.8. The monoisotopic (exact) mass is 376 g/mol. The van der Waals surface area contributed by atoms with Gasteiger partial charge in [0.25, 0.3) is 0 Å². The van der Waals surface area contributed by atoms with Crippen LogP contribution in [-0.4, -0.2) is 17.9 Å². The van der Waals surface area contributed by atoms with E-state index in [9.17, 15) is 18.9 Å². The minimum atomic E-state index is -4.98. The van der Waals surface area contributed by atoms with Gasteiger partial charge in [-0.05, 0) is 20.8 Å². The number of carbonyl (C=O) groups excluding carboxylic acids is 3. The van der Waals surface area contributed by atoms with Crippen LogP contribution >= 0.6 is 7.82 Å². The smallest absolute Gasteiger partial charge is 0.282 e. The van der Waals surface area contributed by atoms with Gasteiger partial charge >= 0.3 is 25.7 Å². The summed E-state index contributed by atoms with van der Waals surface area (Å²) >= 11 is 0. The fourth-order valence-electron chi connectivity index (χ4n) is 0.729. The van der Waals surface area contributed by atoms with E-state index in [0.29, 0.717) is 0 Å². The van der Waals surface area contributed by atoms with Crippen molar-refractivity contribution in [2.75, 3.05) is 0 Å². The van der Waals surface area contributed by atoms with E-state index < -0.39 is 25.7 Å². The maximum atomic E-state index is 12.2. The normalized spacial score (nSPS) is 11.2. The Morgan fingerprint density at radius 3 is 1.48 bits per heavy atom. The molecule has 0 aromatic rings. The van der Waals surface area contributed by atoms with Crippen molar-refractivity contribution in [3.63, 3.8) is 0 Å². The Morgan fingerprint density at radius 2 is 1.16 bits per heavy atom. The third kappa shape index (κ3) is 8.77. The highest BCUT2D eigenvalue weighted by molar-refractivity contribution is 7.48. The Morgan fingerprint density at radius 1 is 0.800 bits per heavy atom. The van der Waals surface area contributed by atoms with Gasteiger partial charge in [-0.15, -0.1) is 0 Å². The second-order valence-electron chi connectivity index (χ2n) is 4.43. The van der Waals surface area contributed by atoms with Crippen LogP contribution in [0.2, 0.25) is 0 Å². The van der Waals surface area contributed by atoms with Gasteiger partial charge in [-0.1, -0.05) is 45.9 Å². The lowest BCUT2D eigenvalue weighted by atomic mass is 10.3. The maximum Gasteiger partial charge on any atom is 0.584 e. The van der Waals surface area contributed by atoms with Gasteiger partial charge in [-0.25, -0.2) is 18.9 Å². The minimum Gasteiger partial charge on any atom is -0.282 e. The summed E-state index contributed by atoms with van der Waals surface area (Å²) in [6.45, 7) is 13.7. The first-order valence-electron chi connectivity index (χ1n) is 6.44. The van der Waals surface area contributed by atoms with Crippen molar-refractivity contribution in [2.45, 2.75) is 20.8 Å². The zero-order valence-corrected chi connectivity index (χ0v) is 14.7. The third-order valence-electron chi connectivity index (χ3n) is 2.00. The standard InChI is InChI=1S/C14H17O10P/c1-7-8-11(6)14(17)21-24-25(18,22-19-12(15)9(2)3)23-20-13(16)10(4)5/h7-8H,1-2,4H2,3,5-6H3/b11-8+. The average Bonchev–Trinajstić information content (AvgIpc) is 2.55. The van der Waals surface area contributed by atoms with Gasteiger partial charge in [0.15, 0.2) is 0 Å². The lowest BCUT2D eigenvalue weighted by molar-refractivity contribution is -0.292. The SMILES string of the molecule is C=C/C=C(\C)C(=O)OOP(=O)(OOC(=O)C(=C)C)OOC(=O)C(=C)C. The Bertz CT molecular complexity index is 627. The zero-order chi connectivity index (χ0) is 19.6. The summed E-state index contributed by atoms with van der Waals surface area (Å²) in [6, 6.07) is 0. The van der Waals surface area contributed by atoms with E-state index in [1.54, 1.807) is 0 Å². The fourth-order valence-corrected chi connectivity index (χ4v) is 1.28. The summed E-state index contributed by atoms with van der Waals surface area (Å²) in [6.07, 6.45) is 2.55. The highest BCUT2D eigenvalue weighted by atomic mass is 31.2. The van der Waals surface area contributed by atoms with Crippen LogP contribution in [0.5, 0.6) is 0 Å². The molecule has 138 valence electrons. The first-order chi connectivity index (χ1) is 11.5. The molecule has 0 rings (SSSR count). The highest BCUT2D eigenvalue weighted by Crippen LogP contribution is 2.50. The predicted octanol–water partition coefficient (Wildman–Crippen LogP) is 2.80. The van der Waals surface area contributed by atoms with Crippen molar-refractivity contribution in [1.82, 2.24) is 0 Å². The van der Waals surface area contributed by atoms with Crippen molar-refractivity contribution >= 4 is 25.7 Å². The summed E-state index contributed by atoms with van der Waals surface area (Å²) in [4.78, 5) is 46.5. The second-order valence-corrected chi connectivity index (χ2v) is 5.77. The van der Waals surface area contributed by atoms with Gasteiger partial charge < -0.3 is 0 Å². The lowest BCUT2D eigenvalue weighted by Gasteiger charge is -2.13. The second kappa shape index (κ2) is 10.4. The number of allylic oxidation sites excluding steroid dienone is 2. The van der Waals surface area contributed by atoms with Crippen LogP contribution in [-0.2, 0) is 47.6 Å². The van der Waals surface area contributed by atoms with Gasteiger partial charge in [0.05, 0.1) is 0 Å². The summed E-state index contributed by atoms with van der Waals surface area (Å²) in [5.74, 6) is -3.36. The van der Waals surface area contributed by atoms with Crippen LogP contribution in [0.4, 0.5) is 0 Å². The Labute approximate surface area is 143 Å². The molecule has 0 spiro atoms. The van der Waals surface area contributed by atoms with Crippen LogP contribution < -0.4 is 0 Å². The third-order valence-corrected chi connectivity index (χ3v) is 2.77. The molecule has 0 atom stereocenters. The van der Waals surface area contributed by atoms with Gasteiger partial charge in [-0.3, -0.25) is 14.7 Å². The van der Waals surface area contributed by atoms with Crippen molar-refractivity contribution in [3.05, 3.63) is 48.6 Å². The molecule has 0 aromatic carbocycles. The molecule has 25 heavy (non-hydrogen) atoms. The van der Waals surface area contributed by atoms with Crippen molar-refractivity contribution in [3.8, 4) is 0 Å². The number of phosphoric acid groups is 1. The largest absolute Gasteiger partial charge is 0.584 e. The quantitative estimate of drug-likeness (QED) is 0.185. The van der Waals surface area contributed by atoms with E-state index in [4.69, 9.17) is 0 Å². The van der Waals surface area contributed by atoms with E-state index in [1.165, 1.54) is 32.9 Å². The van der Waals surface area contributed by atoms with Crippen LogP contribution in [0.1, 0.15) is 20.8 Å². The molecule has 10 nitrogen and oxygen atoms in total. The Balaban J connectivity index is 5.04. The van der Waals surface area contributed by atoms with Gasteiger partial charge in [0, 0.05) is 16.7 Å². The van der Waals surface area contributed by atoms with Crippen LogP contribution in [0, 0.1) is 0 Å². The molecule has 0 heterocycles. The molecule has 0 aliphatic carbocycles. The molecule has 11 heteroatoms. The summed E-state index contributed by atoms with van der Waals surface area (Å²) < 4.78 is 24.6. The van der Waals surface area contributed by atoms with E-state index in [0.717, 1.165) is 0 Å². The van der Waals surface area contributed by atoms with Crippen LogP contribution in [0.25, 0.3) is 0 Å². The molecule has 0 amide bonds. The summed E-state index contributed by atoms with van der Waals surface area (Å²) in [5, 5.41) is 0. The molecule has 0 bridgehead atoms. The van der Waals surface area contributed by atoms with E-state index in [1.807, 2.05) is 0 Å². The highest BCUT2D eigenvalue weighted by Gasteiger charge is 2.38. The molecule has 0 N–H and O–H groups in total. The molecule has 0 radical (unpaired) electrons. The number of hydrogen-bond acceptors (Lipinski definition) is 10. The van der Waals surface area contributed by atoms with Crippen LogP contribution in [0.3, 0.4) is 0 Å². The molecule has 0 saturated heterocycles. The first-order valence-corrected chi connectivity index (χ1v) is 7.90. The van der Waals surface area contributed by atoms with Gasteiger partial charge in [0.2, 0.25) is 0 Å². The van der Waals surface area contributed by atoms with Crippen molar-refractivity contribution < 1.29 is 47.6 Å². The topological polar surface area (TPSA) is 124 Å². The van der Waals surface area contributed by atoms with Crippen LogP contribution in [0.15, 0.2) is 48.6 Å². The maximum absolute atomic E-state index is 12.2. The molecule has 0 unspecified atom stereocenters. The van der Waals surface area contributed by atoms with Gasteiger partial charge in [0.1, 0.15) is 0 Å². The average molecular weight is 376 g/mol. The fraction of sp³-hybridized carbons (Fsp3) is 0.214. The van der Waals surface area contributed by atoms with Gasteiger partial charge in [-0.2, -0.15) is 0 Å². The van der Waals surface area contributed by atoms with E-state index >= 15 is 0 Å². The summed E-state index contributed by atoms with van der Waals surface area (Å²) in [7, 11) is -4.98. The molecule has 0 saturated carbocycles. The van der Waals surface area contributed by atoms with Crippen molar-refractivity contribution in [1.29, 1.82) is 0 Å². The first kappa shape index (κ1) is 22.5. The van der Waals surface area contributed by atoms with E-state index in [-0.39, 0.29) is 16.7 Å². The molecule has 0 fully saturated rings. The number of carbonyl (C=O) groups is 3. The molecule has 0 aliphatic rings. The predicted molar refractivity (Wildman–Crippen MR) is 82.7 cm³/mol. The Hall–Kier alpha value is -2.52.